The summed E-state index contributed by atoms with van der Waals surface area (Å²) < 4.78 is 10.4. The lowest BCUT2D eigenvalue weighted by Gasteiger charge is -2.23. The van der Waals surface area contributed by atoms with Crippen molar-refractivity contribution in [2.24, 2.45) is 5.41 Å². The molecule has 0 radical (unpaired) electrons. The second-order valence-electron chi connectivity index (χ2n) is 5.38. The Bertz CT molecular complexity index is 449. The minimum absolute atomic E-state index is 0.197. The first-order chi connectivity index (χ1) is 8.77. The van der Waals surface area contributed by atoms with E-state index in [1.165, 1.54) is 7.11 Å². The van der Waals surface area contributed by atoms with Gasteiger partial charge in [-0.1, -0.05) is 11.6 Å². The van der Waals surface area contributed by atoms with Gasteiger partial charge in [0.15, 0.2) is 0 Å². The number of methoxy groups -OCH3 is 1. The van der Waals surface area contributed by atoms with Gasteiger partial charge in [-0.2, -0.15) is 0 Å². The Labute approximate surface area is 114 Å². The molecule has 1 aromatic carbocycles. The number of carbonyl (C=O) groups is 1. The molecular weight excluding hydrogens is 244 g/mol. The molecule has 19 heavy (non-hydrogen) atoms. The Morgan fingerprint density at radius 1 is 1.42 bits per heavy atom. The molecule has 0 saturated carbocycles. The summed E-state index contributed by atoms with van der Waals surface area (Å²) >= 11 is 0. The van der Waals surface area contributed by atoms with Crippen molar-refractivity contribution >= 4 is 5.97 Å². The topological polar surface area (TPSA) is 55.8 Å². The van der Waals surface area contributed by atoms with Gasteiger partial charge in [-0.3, -0.25) is 4.79 Å². The molecule has 0 aliphatic heterocycles. The van der Waals surface area contributed by atoms with Crippen molar-refractivity contribution in [3.05, 3.63) is 29.3 Å². The van der Waals surface area contributed by atoms with E-state index in [1.807, 2.05) is 25.1 Å². The van der Waals surface area contributed by atoms with E-state index >= 15 is 0 Å². The van der Waals surface area contributed by atoms with Crippen molar-refractivity contribution < 1.29 is 19.4 Å². The molecule has 0 saturated heterocycles. The standard InChI is InChI=1S/C15H22O4/c1-10-6-7-13(12(8-10)11(2)16)19-9-15(3,4)14(17)18-5/h6-8,11,16H,9H2,1-5H3. The van der Waals surface area contributed by atoms with Gasteiger partial charge >= 0.3 is 5.97 Å². The van der Waals surface area contributed by atoms with E-state index in [4.69, 9.17) is 9.47 Å². The lowest BCUT2D eigenvalue weighted by molar-refractivity contribution is -0.152. The number of aliphatic hydroxyl groups is 1. The predicted molar refractivity (Wildman–Crippen MR) is 73.1 cm³/mol. The minimum atomic E-state index is -0.727. The highest BCUT2D eigenvalue weighted by Gasteiger charge is 2.30. The zero-order chi connectivity index (χ0) is 14.6. The van der Waals surface area contributed by atoms with Crippen LogP contribution in [0.1, 0.15) is 38.0 Å². The van der Waals surface area contributed by atoms with Crippen LogP contribution in [0.5, 0.6) is 5.75 Å². The van der Waals surface area contributed by atoms with Crippen LogP contribution in [-0.4, -0.2) is 24.8 Å². The fraction of sp³-hybridized carbons (Fsp3) is 0.533. The molecule has 1 N–H and O–H groups in total. The smallest absolute Gasteiger partial charge is 0.314 e. The molecule has 0 aromatic heterocycles. The van der Waals surface area contributed by atoms with Crippen molar-refractivity contribution in [1.29, 1.82) is 0 Å². The second-order valence-corrected chi connectivity index (χ2v) is 5.38. The maximum Gasteiger partial charge on any atom is 0.314 e. The summed E-state index contributed by atoms with van der Waals surface area (Å²) in [4.78, 5) is 11.6. The Kier molecular flexibility index (Phi) is 4.95. The van der Waals surface area contributed by atoms with Crippen molar-refractivity contribution in [3.63, 3.8) is 0 Å². The Balaban J connectivity index is 2.86. The van der Waals surface area contributed by atoms with Crippen LogP contribution in [0.25, 0.3) is 0 Å². The molecule has 106 valence electrons. The molecule has 0 heterocycles. The van der Waals surface area contributed by atoms with Crippen LogP contribution in [0.15, 0.2) is 18.2 Å². The number of aliphatic hydroxyl groups excluding tert-OH is 1. The van der Waals surface area contributed by atoms with Gasteiger partial charge in [-0.05, 0) is 39.8 Å². The van der Waals surface area contributed by atoms with Crippen LogP contribution < -0.4 is 4.74 Å². The lowest BCUT2D eigenvalue weighted by Crippen LogP contribution is -2.32. The molecule has 1 unspecified atom stereocenters. The summed E-state index contributed by atoms with van der Waals surface area (Å²) in [6, 6.07) is 5.60. The van der Waals surface area contributed by atoms with E-state index < -0.39 is 11.5 Å². The van der Waals surface area contributed by atoms with Gasteiger partial charge in [0.25, 0.3) is 0 Å². The predicted octanol–water partition coefficient (Wildman–Crippen LogP) is 2.63. The highest BCUT2D eigenvalue weighted by Crippen LogP contribution is 2.28. The van der Waals surface area contributed by atoms with Crippen LogP contribution in [0.4, 0.5) is 0 Å². The molecule has 0 bridgehead atoms. The van der Waals surface area contributed by atoms with Crippen LogP contribution >= 0.6 is 0 Å². The number of esters is 1. The Morgan fingerprint density at radius 3 is 2.58 bits per heavy atom. The number of ether oxygens (including phenoxy) is 2. The van der Waals surface area contributed by atoms with Gasteiger partial charge in [0.2, 0.25) is 0 Å². The third kappa shape index (κ3) is 3.96. The number of carbonyl (C=O) groups excluding carboxylic acids is 1. The fourth-order valence-electron chi connectivity index (χ4n) is 1.72. The molecule has 4 nitrogen and oxygen atoms in total. The van der Waals surface area contributed by atoms with Crippen molar-refractivity contribution in [2.45, 2.75) is 33.8 Å². The first-order valence-electron chi connectivity index (χ1n) is 6.28. The normalized spacial score (nSPS) is 12.9. The summed E-state index contributed by atoms with van der Waals surface area (Å²) in [6.45, 7) is 7.35. The number of benzene rings is 1. The first-order valence-corrected chi connectivity index (χ1v) is 6.28. The van der Waals surface area contributed by atoms with Gasteiger partial charge in [-0.25, -0.2) is 0 Å². The van der Waals surface area contributed by atoms with E-state index in [1.54, 1.807) is 20.8 Å². The fourth-order valence-corrected chi connectivity index (χ4v) is 1.72. The molecule has 0 aliphatic carbocycles. The molecule has 1 aromatic rings. The molecule has 0 fully saturated rings. The quantitative estimate of drug-likeness (QED) is 0.832. The van der Waals surface area contributed by atoms with Gasteiger partial charge < -0.3 is 14.6 Å². The maximum absolute atomic E-state index is 11.6. The SMILES string of the molecule is COC(=O)C(C)(C)COc1ccc(C)cc1C(C)O. The van der Waals surface area contributed by atoms with E-state index in [0.717, 1.165) is 11.1 Å². The van der Waals surface area contributed by atoms with Crippen LogP contribution in [-0.2, 0) is 9.53 Å². The van der Waals surface area contributed by atoms with E-state index in [0.29, 0.717) is 5.75 Å². The highest BCUT2D eigenvalue weighted by atomic mass is 16.5. The number of rotatable bonds is 5. The monoisotopic (exact) mass is 266 g/mol. The van der Waals surface area contributed by atoms with E-state index in [-0.39, 0.29) is 12.6 Å². The molecular formula is C15H22O4. The van der Waals surface area contributed by atoms with Crippen molar-refractivity contribution in [3.8, 4) is 5.75 Å². The van der Waals surface area contributed by atoms with Crippen LogP contribution in [0.2, 0.25) is 0 Å². The third-order valence-corrected chi connectivity index (χ3v) is 2.94. The van der Waals surface area contributed by atoms with Crippen molar-refractivity contribution in [2.75, 3.05) is 13.7 Å². The number of hydrogen-bond donors (Lipinski definition) is 1. The molecule has 4 heteroatoms. The molecule has 0 spiro atoms. The third-order valence-electron chi connectivity index (χ3n) is 2.94. The maximum atomic E-state index is 11.6. The Morgan fingerprint density at radius 2 is 2.05 bits per heavy atom. The average Bonchev–Trinajstić information content (AvgIpc) is 2.36. The van der Waals surface area contributed by atoms with Crippen LogP contribution in [0, 0.1) is 12.3 Å². The van der Waals surface area contributed by atoms with E-state index in [9.17, 15) is 9.90 Å². The van der Waals surface area contributed by atoms with Gasteiger partial charge in [0.05, 0.1) is 18.6 Å². The van der Waals surface area contributed by atoms with Gasteiger partial charge in [0.1, 0.15) is 12.4 Å². The lowest BCUT2D eigenvalue weighted by atomic mass is 9.95. The van der Waals surface area contributed by atoms with Gasteiger partial charge in [-0.15, -0.1) is 0 Å². The zero-order valence-corrected chi connectivity index (χ0v) is 12.2. The number of hydrogen-bond acceptors (Lipinski definition) is 4. The Hall–Kier alpha value is -1.55. The molecule has 1 rings (SSSR count). The molecule has 0 amide bonds. The summed E-state index contributed by atoms with van der Waals surface area (Å²) in [6.07, 6.45) is -0.615. The molecule has 0 aliphatic rings. The second kappa shape index (κ2) is 6.06. The van der Waals surface area contributed by atoms with Crippen LogP contribution in [0.3, 0.4) is 0 Å². The average molecular weight is 266 g/mol. The molecule has 1 atom stereocenters. The van der Waals surface area contributed by atoms with Gasteiger partial charge in [0, 0.05) is 5.56 Å². The minimum Gasteiger partial charge on any atom is -0.492 e. The van der Waals surface area contributed by atoms with Crippen molar-refractivity contribution in [1.82, 2.24) is 0 Å². The zero-order valence-electron chi connectivity index (χ0n) is 12.2. The summed E-state index contributed by atoms with van der Waals surface area (Å²) in [5, 5.41) is 9.74. The summed E-state index contributed by atoms with van der Waals surface area (Å²) in [7, 11) is 1.36. The highest BCUT2D eigenvalue weighted by molar-refractivity contribution is 5.75. The largest absolute Gasteiger partial charge is 0.492 e. The summed E-state index contributed by atoms with van der Waals surface area (Å²) in [5.74, 6) is 0.274. The number of aryl methyl sites for hydroxylation is 1. The van der Waals surface area contributed by atoms with E-state index in [2.05, 4.69) is 0 Å². The first kappa shape index (κ1) is 15.5. The summed E-state index contributed by atoms with van der Waals surface area (Å²) in [5.41, 5.74) is 1.05.